The van der Waals surface area contributed by atoms with Crippen molar-refractivity contribution >= 4 is 11.7 Å². The van der Waals surface area contributed by atoms with Gasteiger partial charge in [-0.3, -0.25) is 9.69 Å². The van der Waals surface area contributed by atoms with Crippen molar-refractivity contribution in [2.75, 3.05) is 31.1 Å². The van der Waals surface area contributed by atoms with Gasteiger partial charge in [-0.05, 0) is 56.0 Å². The molecular weight excluding hydrogens is 350 g/mol. The molecule has 0 bridgehead atoms. The Hall–Kier alpha value is -2.78. The van der Waals surface area contributed by atoms with Crippen molar-refractivity contribution in [3.05, 3.63) is 53.5 Å². The van der Waals surface area contributed by atoms with Crippen LogP contribution in [0.1, 0.15) is 48.6 Å². The van der Waals surface area contributed by atoms with E-state index in [0.717, 1.165) is 68.9 Å². The monoisotopic (exact) mass is 375 g/mol. The fourth-order valence-corrected chi connectivity index (χ4v) is 4.20. The first-order chi connectivity index (χ1) is 13.7. The van der Waals surface area contributed by atoms with Crippen molar-refractivity contribution in [3.63, 3.8) is 0 Å². The molecule has 4 heterocycles. The highest BCUT2D eigenvalue weighted by atomic mass is 16.2. The van der Waals surface area contributed by atoms with Gasteiger partial charge in [0, 0.05) is 43.9 Å². The Morgan fingerprint density at radius 2 is 2.11 bits per heavy atom. The number of carbonyl (C=O) groups excluding carboxylic acids is 1. The molecule has 0 N–H and O–H groups in total. The topological polar surface area (TPSA) is 73.1 Å². The predicted octanol–water partition coefficient (Wildman–Crippen LogP) is 2.90. The number of nitriles is 1. The summed E-state index contributed by atoms with van der Waals surface area (Å²) in [5.41, 5.74) is 2.65. The van der Waals surface area contributed by atoms with E-state index in [-0.39, 0.29) is 5.91 Å². The lowest BCUT2D eigenvalue weighted by Gasteiger charge is -2.28. The third-order valence-corrected chi connectivity index (χ3v) is 5.72. The zero-order valence-electron chi connectivity index (χ0n) is 16.0. The number of anilines is 1. The van der Waals surface area contributed by atoms with Crippen molar-refractivity contribution in [1.29, 1.82) is 5.26 Å². The molecule has 0 aliphatic carbocycles. The standard InChI is InChI=1S/C22H25N5O/c23-15-19-6-3-7-20(25-19)18-10-14-26(16-18)13-9-17-5-4-11-24-22(17)27-12-2-1-8-21(27)28/h3-7,11,18H,1-2,8-10,12-14,16H2. The summed E-state index contributed by atoms with van der Waals surface area (Å²) in [7, 11) is 0. The Bertz CT molecular complexity index is 890. The average Bonchev–Trinajstić information content (AvgIpc) is 3.22. The molecule has 6 nitrogen and oxygen atoms in total. The Morgan fingerprint density at radius 3 is 2.96 bits per heavy atom. The summed E-state index contributed by atoms with van der Waals surface area (Å²) in [5, 5.41) is 9.06. The number of piperidine rings is 1. The summed E-state index contributed by atoms with van der Waals surface area (Å²) in [6, 6.07) is 11.9. The zero-order chi connectivity index (χ0) is 19.3. The Morgan fingerprint density at radius 1 is 1.18 bits per heavy atom. The molecule has 28 heavy (non-hydrogen) atoms. The third-order valence-electron chi connectivity index (χ3n) is 5.72. The number of hydrogen-bond acceptors (Lipinski definition) is 5. The number of pyridine rings is 2. The van der Waals surface area contributed by atoms with Crippen LogP contribution in [0.15, 0.2) is 36.5 Å². The molecule has 6 heteroatoms. The molecule has 1 amide bonds. The first-order valence-electron chi connectivity index (χ1n) is 10.1. The molecule has 2 aliphatic heterocycles. The summed E-state index contributed by atoms with van der Waals surface area (Å²) in [6.07, 6.45) is 6.37. The van der Waals surface area contributed by atoms with Crippen LogP contribution >= 0.6 is 0 Å². The molecule has 1 unspecified atom stereocenters. The van der Waals surface area contributed by atoms with Gasteiger partial charge in [0.15, 0.2) is 0 Å². The van der Waals surface area contributed by atoms with E-state index in [1.807, 2.05) is 23.1 Å². The second kappa shape index (κ2) is 8.49. The van der Waals surface area contributed by atoms with E-state index < -0.39 is 0 Å². The van der Waals surface area contributed by atoms with Gasteiger partial charge in [0.1, 0.15) is 17.6 Å². The number of nitrogens with zero attached hydrogens (tertiary/aromatic N) is 5. The molecule has 2 aromatic rings. The smallest absolute Gasteiger partial charge is 0.228 e. The first-order valence-corrected chi connectivity index (χ1v) is 10.1. The number of amides is 1. The maximum absolute atomic E-state index is 12.3. The van der Waals surface area contributed by atoms with Crippen molar-refractivity contribution in [3.8, 4) is 6.07 Å². The second-order valence-corrected chi connectivity index (χ2v) is 7.58. The van der Waals surface area contributed by atoms with Crippen molar-refractivity contribution in [1.82, 2.24) is 14.9 Å². The molecule has 144 valence electrons. The normalized spacial score (nSPS) is 20.3. The van der Waals surface area contributed by atoms with Crippen molar-refractivity contribution in [2.45, 2.75) is 38.0 Å². The quantitative estimate of drug-likeness (QED) is 0.803. The van der Waals surface area contributed by atoms with Crippen LogP contribution in [0, 0.1) is 11.3 Å². The predicted molar refractivity (Wildman–Crippen MR) is 107 cm³/mol. The maximum atomic E-state index is 12.3. The lowest BCUT2D eigenvalue weighted by molar-refractivity contribution is -0.119. The van der Waals surface area contributed by atoms with Gasteiger partial charge in [-0.25, -0.2) is 9.97 Å². The van der Waals surface area contributed by atoms with Gasteiger partial charge in [-0.2, -0.15) is 5.26 Å². The fourth-order valence-electron chi connectivity index (χ4n) is 4.20. The minimum atomic E-state index is 0.191. The summed E-state index contributed by atoms with van der Waals surface area (Å²) < 4.78 is 0. The zero-order valence-corrected chi connectivity index (χ0v) is 16.0. The van der Waals surface area contributed by atoms with Gasteiger partial charge in [0.05, 0.1) is 0 Å². The van der Waals surface area contributed by atoms with Crippen LogP contribution in [-0.4, -0.2) is 47.0 Å². The molecule has 2 saturated heterocycles. The van der Waals surface area contributed by atoms with E-state index in [1.165, 1.54) is 0 Å². The van der Waals surface area contributed by atoms with E-state index in [2.05, 4.69) is 27.0 Å². The highest BCUT2D eigenvalue weighted by Crippen LogP contribution is 2.27. The van der Waals surface area contributed by atoms with Gasteiger partial charge in [0.25, 0.3) is 0 Å². The van der Waals surface area contributed by atoms with E-state index in [1.54, 1.807) is 12.3 Å². The Kier molecular flexibility index (Phi) is 5.63. The van der Waals surface area contributed by atoms with E-state index in [9.17, 15) is 4.79 Å². The second-order valence-electron chi connectivity index (χ2n) is 7.58. The minimum absolute atomic E-state index is 0.191. The summed E-state index contributed by atoms with van der Waals surface area (Å²) in [4.78, 5) is 25.6. The van der Waals surface area contributed by atoms with Gasteiger partial charge in [-0.15, -0.1) is 0 Å². The summed E-state index contributed by atoms with van der Waals surface area (Å²) >= 11 is 0. The highest BCUT2D eigenvalue weighted by Gasteiger charge is 2.26. The number of aromatic nitrogens is 2. The molecule has 0 spiro atoms. The lowest BCUT2D eigenvalue weighted by Crippen LogP contribution is -2.36. The maximum Gasteiger partial charge on any atom is 0.228 e. The fraction of sp³-hybridized carbons (Fsp3) is 0.455. The number of rotatable bonds is 5. The van der Waals surface area contributed by atoms with Crippen molar-refractivity contribution in [2.24, 2.45) is 0 Å². The molecule has 2 aromatic heterocycles. The highest BCUT2D eigenvalue weighted by molar-refractivity contribution is 5.93. The molecular formula is C22H25N5O. The van der Waals surface area contributed by atoms with Crippen LogP contribution in [0.25, 0.3) is 0 Å². The molecule has 0 aromatic carbocycles. The lowest BCUT2D eigenvalue weighted by atomic mass is 10.0. The molecule has 2 fully saturated rings. The number of hydrogen-bond donors (Lipinski definition) is 0. The molecule has 0 saturated carbocycles. The average molecular weight is 375 g/mol. The Labute approximate surface area is 165 Å². The van der Waals surface area contributed by atoms with Crippen LogP contribution in [0.4, 0.5) is 5.82 Å². The summed E-state index contributed by atoms with van der Waals surface area (Å²) in [6.45, 7) is 3.70. The van der Waals surface area contributed by atoms with Crippen LogP contribution in [-0.2, 0) is 11.2 Å². The third kappa shape index (κ3) is 4.05. The van der Waals surface area contributed by atoms with Gasteiger partial charge >= 0.3 is 0 Å². The van der Waals surface area contributed by atoms with E-state index >= 15 is 0 Å². The molecule has 0 radical (unpaired) electrons. The Balaban J connectivity index is 1.39. The van der Waals surface area contributed by atoms with Gasteiger partial charge in [-0.1, -0.05) is 12.1 Å². The van der Waals surface area contributed by atoms with E-state index in [4.69, 9.17) is 5.26 Å². The van der Waals surface area contributed by atoms with Crippen LogP contribution in [0.3, 0.4) is 0 Å². The van der Waals surface area contributed by atoms with Crippen LogP contribution in [0.2, 0.25) is 0 Å². The SMILES string of the molecule is N#Cc1cccc(C2CCN(CCc3cccnc3N3CCCCC3=O)C2)n1. The van der Waals surface area contributed by atoms with Crippen LogP contribution < -0.4 is 4.90 Å². The van der Waals surface area contributed by atoms with Gasteiger partial charge in [0.2, 0.25) is 5.91 Å². The largest absolute Gasteiger partial charge is 0.302 e. The molecule has 2 aliphatic rings. The number of likely N-dealkylation sites (tertiary alicyclic amines) is 1. The van der Waals surface area contributed by atoms with Crippen LogP contribution in [0.5, 0.6) is 0 Å². The summed E-state index contributed by atoms with van der Waals surface area (Å²) in [5.74, 6) is 1.41. The van der Waals surface area contributed by atoms with Gasteiger partial charge < -0.3 is 4.90 Å². The number of carbonyl (C=O) groups is 1. The first kappa shape index (κ1) is 18.6. The van der Waals surface area contributed by atoms with Crippen molar-refractivity contribution < 1.29 is 4.79 Å². The minimum Gasteiger partial charge on any atom is -0.302 e. The van der Waals surface area contributed by atoms with E-state index in [0.29, 0.717) is 18.0 Å². The molecule has 1 atom stereocenters. The molecule has 4 rings (SSSR count).